The van der Waals surface area contributed by atoms with E-state index in [1.807, 2.05) is 7.05 Å². The Morgan fingerprint density at radius 1 is 1.43 bits per heavy atom. The van der Waals surface area contributed by atoms with Crippen LogP contribution in [-0.4, -0.2) is 26.0 Å². The highest BCUT2D eigenvalue weighted by Gasteiger charge is 2.37. The zero-order valence-corrected chi connectivity index (χ0v) is 8.88. The molecule has 1 aliphatic heterocycles. The molecule has 0 aromatic carbocycles. The first-order valence-corrected chi connectivity index (χ1v) is 5.72. The molecule has 0 bridgehead atoms. The summed E-state index contributed by atoms with van der Waals surface area (Å²) in [6.07, 6.45) is 4.69. The standard InChI is InChI=1S/C11H20N2O/c1-12-7-10(8-2-3-8)9-4-5-13-11(14)6-9/h8-10,12H,2-7H2,1H3,(H,13,14). The quantitative estimate of drug-likeness (QED) is 0.697. The number of hydrogen-bond acceptors (Lipinski definition) is 2. The SMILES string of the molecule is CNCC(C1CC1)C1CCNC(=O)C1. The second kappa shape index (κ2) is 4.30. The minimum absolute atomic E-state index is 0.253. The molecule has 2 N–H and O–H groups in total. The van der Waals surface area contributed by atoms with E-state index in [1.54, 1.807) is 0 Å². The Balaban J connectivity index is 1.91. The minimum Gasteiger partial charge on any atom is -0.356 e. The number of nitrogens with one attached hydrogen (secondary N) is 2. The molecule has 1 aliphatic carbocycles. The Bertz CT molecular complexity index is 213. The van der Waals surface area contributed by atoms with E-state index in [-0.39, 0.29) is 5.91 Å². The van der Waals surface area contributed by atoms with E-state index in [1.165, 1.54) is 19.3 Å². The van der Waals surface area contributed by atoms with Gasteiger partial charge in [0.1, 0.15) is 0 Å². The lowest BCUT2D eigenvalue weighted by atomic mass is 9.81. The highest BCUT2D eigenvalue weighted by atomic mass is 16.1. The van der Waals surface area contributed by atoms with Crippen molar-refractivity contribution in [2.75, 3.05) is 20.1 Å². The van der Waals surface area contributed by atoms with Crippen molar-refractivity contribution >= 4 is 5.91 Å². The van der Waals surface area contributed by atoms with E-state index < -0.39 is 0 Å². The molecule has 0 aromatic rings. The fourth-order valence-corrected chi connectivity index (χ4v) is 2.65. The number of carbonyl (C=O) groups excluding carboxylic acids is 1. The van der Waals surface area contributed by atoms with Gasteiger partial charge in [-0.1, -0.05) is 0 Å². The summed E-state index contributed by atoms with van der Waals surface area (Å²) in [7, 11) is 2.01. The number of rotatable bonds is 4. The normalized spacial score (nSPS) is 29.8. The average Bonchev–Trinajstić information content (AvgIpc) is 2.97. The van der Waals surface area contributed by atoms with Crippen LogP contribution < -0.4 is 10.6 Å². The van der Waals surface area contributed by atoms with E-state index in [0.717, 1.165) is 31.3 Å². The third kappa shape index (κ3) is 2.27. The first-order valence-electron chi connectivity index (χ1n) is 5.72. The van der Waals surface area contributed by atoms with Crippen LogP contribution in [0.5, 0.6) is 0 Å². The second-order valence-corrected chi connectivity index (χ2v) is 4.66. The molecule has 80 valence electrons. The van der Waals surface area contributed by atoms with Crippen LogP contribution in [0.1, 0.15) is 25.7 Å². The van der Waals surface area contributed by atoms with Crippen molar-refractivity contribution in [3.63, 3.8) is 0 Å². The topological polar surface area (TPSA) is 41.1 Å². The van der Waals surface area contributed by atoms with E-state index in [2.05, 4.69) is 10.6 Å². The fraction of sp³-hybridized carbons (Fsp3) is 0.909. The summed E-state index contributed by atoms with van der Waals surface area (Å²) >= 11 is 0. The maximum absolute atomic E-state index is 11.3. The predicted molar refractivity (Wildman–Crippen MR) is 55.9 cm³/mol. The van der Waals surface area contributed by atoms with Crippen LogP contribution in [0.4, 0.5) is 0 Å². The Morgan fingerprint density at radius 3 is 2.79 bits per heavy atom. The molecule has 3 heteroatoms. The van der Waals surface area contributed by atoms with Crippen LogP contribution in [0.3, 0.4) is 0 Å². The van der Waals surface area contributed by atoms with Gasteiger partial charge in [0, 0.05) is 13.0 Å². The Kier molecular flexibility index (Phi) is 3.06. The van der Waals surface area contributed by atoms with Crippen molar-refractivity contribution < 1.29 is 4.79 Å². The second-order valence-electron chi connectivity index (χ2n) is 4.66. The highest BCUT2D eigenvalue weighted by Crippen LogP contribution is 2.42. The molecule has 0 spiro atoms. The van der Waals surface area contributed by atoms with Crippen molar-refractivity contribution in [1.29, 1.82) is 0 Å². The van der Waals surface area contributed by atoms with E-state index >= 15 is 0 Å². The first-order chi connectivity index (χ1) is 6.81. The van der Waals surface area contributed by atoms with E-state index in [4.69, 9.17) is 0 Å². The van der Waals surface area contributed by atoms with Crippen LogP contribution in [0.25, 0.3) is 0 Å². The van der Waals surface area contributed by atoms with E-state index in [9.17, 15) is 4.79 Å². The lowest BCUT2D eigenvalue weighted by molar-refractivity contribution is -0.124. The van der Waals surface area contributed by atoms with Gasteiger partial charge in [-0.15, -0.1) is 0 Å². The van der Waals surface area contributed by atoms with Crippen LogP contribution in [-0.2, 0) is 4.79 Å². The van der Waals surface area contributed by atoms with Gasteiger partial charge in [-0.3, -0.25) is 4.79 Å². The maximum Gasteiger partial charge on any atom is 0.220 e. The first kappa shape index (κ1) is 9.97. The summed E-state index contributed by atoms with van der Waals surface area (Å²) in [4.78, 5) is 11.3. The summed E-state index contributed by atoms with van der Waals surface area (Å²) in [6.45, 7) is 1.97. The van der Waals surface area contributed by atoms with Crippen molar-refractivity contribution in [1.82, 2.24) is 10.6 Å². The monoisotopic (exact) mass is 196 g/mol. The molecule has 14 heavy (non-hydrogen) atoms. The predicted octanol–water partition coefficient (Wildman–Crippen LogP) is 0.758. The summed E-state index contributed by atoms with van der Waals surface area (Å²) in [5.74, 6) is 2.52. The molecular formula is C11H20N2O. The molecule has 1 amide bonds. The molecule has 2 unspecified atom stereocenters. The molecule has 0 aromatic heterocycles. The van der Waals surface area contributed by atoms with Crippen LogP contribution in [0.15, 0.2) is 0 Å². The number of hydrogen-bond donors (Lipinski definition) is 2. The molecule has 1 saturated heterocycles. The largest absolute Gasteiger partial charge is 0.356 e. The molecular weight excluding hydrogens is 176 g/mol. The molecule has 0 radical (unpaired) electrons. The van der Waals surface area contributed by atoms with Gasteiger partial charge in [0.2, 0.25) is 5.91 Å². The average molecular weight is 196 g/mol. The summed E-state index contributed by atoms with van der Waals surface area (Å²) in [6, 6.07) is 0. The van der Waals surface area contributed by atoms with E-state index in [0.29, 0.717) is 5.92 Å². The third-order valence-electron chi connectivity index (χ3n) is 3.56. The van der Waals surface area contributed by atoms with Gasteiger partial charge in [-0.25, -0.2) is 0 Å². The van der Waals surface area contributed by atoms with Gasteiger partial charge < -0.3 is 10.6 Å². The smallest absolute Gasteiger partial charge is 0.220 e. The van der Waals surface area contributed by atoms with Gasteiger partial charge in [0.15, 0.2) is 0 Å². The van der Waals surface area contributed by atoms with Gasteiger partial charge in [0.05, 0.1) is 0 Å². The summed E-state index contributed by atoms with van der Waals surface area (Å²) in [5.41, 5.74) is 0. The molecule has 2 rings (SSSR count). The fourth-order valence-electron chi connectivity index (χ4n) is 2.65. The summed E-state index contributed by atoms with van der Waals surface area (Å²) in [5, 5.41) is 6.18. The van der Waals surface area contributed by atoms with Gasteiger partial charge in [0.25, 0.3) is 0 Å². The lowest BCUT2D eigenvalue weighted by Crippen LogP contribution is -2.39. The molecule has 2 atom stereocenters. The molecule has 1 heterocycles. The minimum atomic E-state index is 0.253. The highest BCUT2D eigenvalue weighted by molar-refractivity contribution is 5.76. The number of carbonyl (C=O) groups is 1. The zero-order valence-electron chi connectivity index (χ0n) is 8.88. The van der Waals surface area contributed by atoms with Gasteiger partial charge in [-0.05, 0) is 50.6 Å². The van der Waals surface area contributed by atoms with Crippen molar-refractivity contribution in [3.8, 4) is 0 Å². The lowest BCUT2D eigenvalue weighted by Gasteiger charge is -2.30. The Morgan fingerprint density at radius 2 is 2.21 bits per heavy atom. The van der Waals surface area contributed by atoms with Gasteiger partial charge in [-0.2, -0.15) is 0 Å². The van der Waals surface area contributed by atoms with Crippen LogP contribution in [0.2, 0.25) is 0 Å². The third-order valence-corrected chi connectivity index (χ3v) is 3.56. The number of piperidine rings is 1. The zero-order chi connectivity index (χ0) is 9.97. The summed E-state index contributed by atoms with van der Waals surface area (Å²) < 4.78 is 0. The molecule has 3 nitrogen and oxygen atoms in total. The van der Waals surface area contributed by atoms with Crippen molar-refractivity contribution in [2.45, 2.75) is 25.7 Å². The van der Waals surface area contributed by atoms with Crippen molar-refractivity contribution in [2.24, 2.45) is 17.8 Å². The number of amides is 1. The molecule has 1 saturated carbocycles. The Hall–Kier alpha value is -0.570. The maximum atomic E-state index is 11.3. The van der Waals surface area contributed by atoms with Crippen molar-refractivity contribution in [3.05, 3.63) is 0 Å². The Labute approximate surface area is 85.6 Å². The molecule has 2 fully saturated rings. The van der Waals surface area contributed by atoms with Crippen LogP contribution in [0, 0.1) is 17.8 Å². The molecule has 2 aliphatic rings. The van der Waals surface area contributed by atoms with Crippen LogP contribution >= 0.6 is 0 Å². The van der Waals surface area contributed by atoms with Gasteiger partial charge >= 0.3 is 0 Å².